The molecule has 0 fully saturated rings. The third-order valence-corrected chi connectivity index (χ3v) is 12.9. The van der Waals surface area contributed by atoms with Crippen LogP contribution in [0.25, 0.3) is 0 Å². The second-order valence-corrected chi connectivity index (χ2v) is 15.9. The summed E-state index contributed by atoms with van der Waals surface area (Å²) in [6.45, 7) is 2.07. The first-order chi connectivity index (χ1) is 7.16. The van der Waals surface area contributed by atoms with E-state index in [1.165, 1.54) is 5.56 Å². The van der Waals surface area contributed by atoms with Crippen LogP contribution in [0.2, 0.25) is 4.94 Å². The zero-order valence-electron chi connectivity index (χ0n) is 9.78. The first-order valence-electron chi connectivity index (χ1n) is 4.80. The monoisotopic (exact) mass is 333 g/mol. The topological polar surface area (TPSA) is 49.1 Å². The Balaban J connectivity index is 0.000000921. The van der Waals surface area contributed by atoms with Gasteiger partial charge >= 0.3 is 90.6 Å². The summed E-state index contributed by atoms with van der Waals surface area (Å²) >= 11 is -1.35. The van der Waals surface area contributed by atoms with Crippen LogP contribution >= 0.6 is 8.95 Å². The third-order valence-electron chi connectivity index (χ3n) is 2.14. The van der Waals surface area contributed by atoms with E-state index in [1.54, 1.807) is 3.58 Å². The summed E-state index contributed by atoms with van der Waals surface area (Å²) in [6, 6.07) is 8.81. The van der Waals surface area contributed by atoms with Gasteiger partial charge in [-0.3, -0.25) is 0 Å². The first-order valence-corrected chi connectivity index (χ1v) is 13.8. The second-order valence-electron chi connectivity index (χ2n) is 3.14. The molecule has 0 aliphatic rings. The maximum atomic E-state index is 8.25. The predicted octanol–water partition coefficient (Wildman–Crippen LogP) is 0.874. The Hall–Kier alpha value is 0.289. The summed E-state index contributed by atoms with van der Waals surface area (Å²) in [5, 5.41) is 8.25. The molecule has 0 spiro atoms. The standard InChI is InChI=1S/C8H10N.CH3O.CH4S.CH3.Sn/c1-7(9)8-5-3-2-4-6-8;2*1-2;;/h2-5,7H,9H2,1H3;1H3;2H,1H3;1H3;/q;-1;;;+2/p-1. The zero-order chi connectivity index (χ0) is 11.8. The number of nitrogens with two attached hydrogens (primary N) is 1. The van der Waals surface area contributed by atoms with Crippen molar-refractivity contribution in [1.29, 1.82) is 0 Å². The molecule has 0 aromatic heterocycles. The molecule has 0 aliphatic heterocycles. The molecular formula is C11H19NOSSn. The maximum absolute atomic E-state index is 8.25. The number of rotatable bonds is 3. The Bertz CT molecular complexity index is 281. The molecule has 0 saturated carbocycles. The van der Waals surface area contributed by atoms with E-state index < -0.39 is 18.4 Å². The molecule has 1 unspecified atom stereocenters. The van der Waals surface area contributed by atoms with Gasteiger partial charge < -0.3 is 5.11 Å². The summed E-state index contributed by atoms with van der Waals surface area (Å²) in [5.41, 5.74) is 7.28. The van der Waals surface area contributed by atoms with E-state index in [0.29, 0.717) is 0 Å². The van der Waals surface area contributed by atoms with Gasteiger partial charge in [-0.15, -0.1) is 0 Å². The molecule has 1 aromatic rings. The van der Waals surface area contributed by atoms with Crippen molar-refractivity contribution >= 4 is 30.9 Å². The van der Waals surface area contributed by atoms with Gasteiger partial charge in [0.1, 0.15) is 0 Å². The zero-order valence-corrected chi connectivity index (χ0v) is 13.5. The number of hydrogen-bond donors (Lipinski definition) is 1. The van der Waals surface area contributed by atoms with Crippen LogP contribution in [0, 0.1) is 0 Å². The Labute approximate surface area is 102 Å². The van der Waals surface area contributed by atoms with E-state index in [9.17, 15) is 0 Å². The number of benzene rings is 1. The van der Waals surface area contributed by atoms with E-state index in [-0.39, 0.29) is 6.04 Å². The molecular weight excluding hydrogens is 313 g/mol. The molecule has 4 heteroatoms. The van der Waals surface area contributed by atoms with Crippen LogP contribution in [0.3, 0.4) is 0 Å². The molecule has 1 aromatic carbocycles. The predicted molar refractivity (Wildman–Crippen MR) is 69.7 cm³/mol. The van der Waals surface area contributed by atoms with Gasteiger partial charge in [-0.1, -0.05) is 0 Å². The fourth-order valence-corrected chi connectivity index (χ4v) is 7.67. The summed E-state index contributed by atoms with van der Waals surface area (Å²) in [7, 11) is 2.80. The van der Waals surface area contributed by atoms with Crippen molar-refractivity contribution in [3.05, 3.63) is 29.8 Å². The molecule has 0 bridgehead atoms. The van der Waals surface area contributed by atoms with Gasteiger partial charge in [0.25, 0.3) is 0 Å². The molecule has 0 amide bonds. The van der Waals surface area contributed by atoms with Gasteiger partial charge in [-0.25, -0.2) is 0 Å². The van der Waals surface area contributed by atoms with Gasteiger partial charge in [0.15, 0.2) is 0 Å². The van der Waals surface area contributed by atoms with Crippen LogP contribution < -0.4 is 14.4 Å². The van der Waals surface area contributed by atoms with Crippen LogP contribution in [-0.2, 0) is 0 Å². The van der Waals surface area contributed by atoms with Crippen molar-refractivity contribution in [3.63, 3.8) is 0 Å². The first kappa shape index (κ1) is 15.3. The Morgan fingerprint density at radius 1 is 1.33 bits per heavy atom. The molecule has 0 radical (unpaired) electrons. The van der Waals surface area contributed by atoms with Crippen LogP contribution in [0.1, 0.15) is 18.5 Å². The van der Waals surface area contributed by atoms with E-state index >= 15 is 0 Å². The average Bonchev–Trinajstić information content (AvgIpc) is 2.30. The van der Waals surface area contributed by atoms with Crippen LogP contribution in [0.4, 0.5) is 0 Å². The molecule has 84 valence electrons. The number of hydrogen-bond acceptors (Lipinski definition) is 3. The summed E-state index contributed by atoms with van der Waals surface area (Å²) < 4.78 is 1.56. The molecule has 2 N–H and O–H groups in total. The van der Waals surface area contributed by atoms with Gasteiger partial charge in [-0.2, -0.15) is 7.11 Å². The van der Waals surface area contributed by atoms with Crippen molar-refractivity contribution in [2.75, 3.05) is 13.4 Å². The fourth-order valence-electron chi connectivity index (χ4n) is 1.32. The van der Waals surface area contributed by atoms with Crippen molar-refractivity contribution in [2.24, 2.45) is 5.73 Å². The van der Waals surface area contributed by atoms with E-state index in [2.05, 4.69) is 51.3 Å². The SMILES string of the molecule is C[O-].C[S][Sn+]([CH3])[c]1ccccc1C(C)N. The van der Waals surface area contributed by atoms with Crippen molar-refractivity contribution in [2.45, 2.75) is 17.9 Å². The van der Waals surface area contributed by atoms with Crippen LogP contribution in [0.5, 0.6) is 0 Å². The molecule has 0 aliphatic carbocycles. The summed E-state index contributed by atoms with van der Waals surface area (Å²) in [5.74, 6) is 0. The molecule has 2 nitrogen and oxygen atoms in total. The second kappa shape index (κ2) is 8.44. The van der Waals surface area contributed by atoms with Gasteiger partial charge in [0.05, 0.1) is 0 Å². The molecule has 15 heavy (non-hydrogen) atoms. The Morgan fingerprint density at radius 3 is 2.33 bits per heavy atom. The van der Waals surface area contributed by atoms with Gasteiger partial charge in [-0.05, 0) is 0 Å². The van der Waals surface area contributed by atoms with E-state index in [1.807, 2.05) is 0 Å². The van der Waals surface area contributed by atoms with Crippen LogP contribution in [0.15, 0.2) is 24.3 Å². The third kappa shape index (κ3) is 4.76. The van der Waals surface area contributed by atoms with E-state index in [0.717, 1.165) is 7.11 Å². The summed E-state index contributed by atoms with van der Waals surface area (Å²) in [4.78, 5) is 2.41. The van der Waals surface area contributed by atoms with Gasteiger partial charge in [0.2, 0.25) is 0 Å². The molecule has 0 heterocycles. The van der Waals surface area contributed by atoms with Crippen molar-refractivity contribution in [1.82, 2.24) is 0 Å². The minimum absolute atomic E-state index is 0.180. The minimum atomic E-state index is -1.35. The van der Waals surface area contributed by atoms with Crippen molar-refractivity contribution in [3.8, 4) is 0 Å². The van der Waals surface area contributed by atoms with Crippen molar-refractivity contribution < 1.29 is 5.11 Å². The fraction of sp³-hybridized carbons (Fsp3) is 0.455. The molecule has 1 rings (SSSR count). The Morgan fingerprint density at radius 2 is 1.87 bits per heavy atom. The average molecular weight is 332 g/mol. The molecule has 1 atom stereocenters. The molecule has 0 saturated heterocycles. The quantitative estimate of drug-likeness (QED) is 0.836. The normalized spacial score (nSPS) is 11.3. The Kier molecular flexibility index (Phi) is 8.60. The van der Waals surface area contributed by atoms with Gasteiger partial charge in [0, 0.05) is 0 Å². The summed E-state index contributed by atoms with van der Waals surface area (Å²) in [6.07, 6.45) is 2.22. The van der Waals surface area contributed by atoms with Crippen LogP contribution in [-0.4, -0.2) is 31.7 Å². The van der Waals surface area contributed by atoms with E-state index in [4.69, 9.17) is 10.8 Å².